The van der Waals surface area contributed by atoms with E-state index in [2.05, 4.69) is 6.58 Å². The zero-order valence-electron chi connectivity index (χ0n) is 14.9. The van der Waals surface area contributed by atoms with Crippen molar-refractivity contribution in [2.45, 2.75) is 65.6 Å². The number of hydrogen-bond donors (Lipinski definition) is 0. The fraction of sp³-hybridized carbons (Fsp3) is 0.611. The maximum atomic E-state index is 12.4. The molecule has 5 heteroatoms. The number of nitrogens with zero attached hydrogens (tertiary/aromatic N) is 1. The van der Waals surface area contributed by atoms with E-state index in [9.17, 15) is 14.9 Å². The summed E-state index contributed by atoms with van der Waals surface area (Å²) in [6.07, 6.45) is 4.60. The molecule has 5 nitrogen and oxygen atoms in total. The van der Waals surface area contributed by atoms with Crippen LogP contribution in [-0.4, -0.2) is 23.1 Å². The van der Waals surface area contributed by atoms with Crippen molar-refractivity contribution in [1.82, 2.24) is 0 Å². The molecule has 0 aromatic carbocycles. The van der Waals surface area contributed by atoms with E-state index in [1.54, 1.807) is 47.6 Å². The quantitative estimate of drug-likeness (QED) is 0.423. The minimum absolute atomic E-state index is 0.182. The minimum Gasteiger partial charge on any atom is -0.459 e. The summed E-state index contributed by atoms with van der Waals surface area (Å²) in [6.45, 7) is 14.0. The van der Waals surface area contributed by atoms with Gasteiger partial charge in [0.15, 0.2) is 5.41 Å². The summed E-state index contributed by atoms with van der Waals surface area (Å²) < 4.78 is 10.5. The molecule has 0 aromatic heterocycles. The molecular weight excluding hydrogens is 294 g/mol. The Balaban J connectivity index is 5.43. The summed E-state index contributed by atoms with van der Waals surface area (Å²) >= 11 is 0. The van der Waals surface area contributed by atoms with E-state index in [1.807, 2.05) is 6.07 Å². The average molecular weight is 321 g/mol. The van der Waals surface area contributed by atoms with E-state index in [0.717, 1.165) is 6.08 Å². The van der Waals surface area contributed by atoms with Crippen molar-refractivity contribution >= 4 is 11.9 Å². The van der Waals surface area contributed by atoms with Gasteiger partial charge in [-0.25, -0.2) is 9.59 Å². The van der Waals surface area contributed by atoms with Crippen molar-refractivity contribution in [3.63, 3.8) is 0 Å². The van der Waals surface area contributed by atoms with E-state index >= 15 is 0 Å². The second-order valence-corrected chi connectivity index (χ2v) is 7.28. The van der Waals surface area contributed by atoms with Gasteiger partial charge >= 0.3 is 11.9 Å². The Morgan fingerprint density at radius 2 is 1.61 bits per heavy atom. The van der Waals surface area contributed by atoms with E-state index in [1.165, 1.54) is 6.08 Å². The van der Waals surface area contributed by atoms with Gasteiger partial charge in [0.2, 0.25) is 0 Å². The number of nitriles is 1. The maximum absolute atomic E-state index is 12.4. The lowest BCUT2D eigenvalue weighted by molar-refractivity contribution is -0.161. The molecular formula is C18H27NO4. The average Bonchev–Trinajstić information content (AvgIpc) is 2.35. The highest BCUT2D eigenvalue weighted by Gasteiger charge is 2.39. The van der Waals surface area contributed by atoms with Crippen molar-refractivity contribution in [2.24, 2.45) is 5.41 Å². The van der Waals surface area contributed by atoms with Crippen molar-refractivity contribution in [3.05, 3.63) is 24.8 Å². The molecule has 0 spiro atoms. The second-order valence-electron chi connectivity index (χ2n) is 7.28. The third-order valence-corrected chi connectivity index (χ3v) is 2.62. The van der Waals surface area contributed by atoms with Crippen LogP contribution in [0.5, 0.6) is 0 Å². The van der Waals surface area contributed by atoms with Crippen LogP contribution in [0.15, 0.2) is 24.8 Å². The SMILES string of the molecule is C=CCC[C@@](C#N)(/C=C/C(=O)OC(C)(C)C)C(=O)OC(C)(C)C. The normalized spacial score (nSPS) is 14.7. The van der Waals surface area contributed by atoms with Crippen LogP contribution in [0, 0.1) is 16.7 Å². The van der Waals surface area contributed by atoms with Crippen molar-refractivity contribution in [3.8, 4) is 6.07 Å². The van der Waals surface area contributed by atoms with E-state index in [-0.39, 0.29) is 6.42 Å². The summed E-state index contributed by atoms with van der Waals surface area (Å²) in [5.41, 5.74) is -2.92. The molecule has 0 fully saturated rings. The number of allylic oxidation sites excluding steroid dienone is 1. The standard InChI is InChI=1S/C18H27NO4/c1-8-9-11-18(13-19,15(21)23-17(5,6)7)12-10-14(20)22-16(2,3)4/h8,10,12H,1,9,11H2,2-7H3/b12-10+/t18-/m0/s1. The fourth-order valence-electron chi connectivity index (χ4n) is 1.64. The lowest BCUT2D eigenvalue weighted by Crippen LogP contribution is -2.36. The van der Waals surface area contributed by atoms with E-state index < -0.39 is 28.6 Å². The van der Waals surface area contributed by atoms with Crippen LogP contribution in [0.3, 0.4) is 0 Å². The van der Waals surface area contributed by atoms with Crippen LogP contribution in [0.25, 0.3) is 0 Å². The third-order valence-electron chi connectivity index (χ3n) is 2.62. The number of carbonyl (C=O) groups excluding carboxylic acids is 2. The van der Waals surface area contributed by atoms with Gasteiger partial charge in [0, 0.05) is 6.08 Å². The number of hydrogen-bond acceptors (Lipinski definition) is 5. The second kappa shape index (κ2) is 7.96. The van der Waals surface area contributed by atoms with Crippen LogP contribution in [0.1, 0.15) is 54.4 Å². The zero-order chi connectivity index (χ0) is 18.3. The lowest BCUT2D eigenvalue weighted by atomic mass is 9.84. The molecule has 0 amide bonds. The van der Waals surface area contributed by atoms with E-state index in [0.29, 0.717) is 6.42 Å². The first kappa shape index (κ1) is 20.9. The van der Waals surface area contributed by atoms with Gasteiger partial charge in [-0.2, -0.15) is 5.26 Å². The first-order valence-electron chi connectivity index (χ1n) is 7.53. The highest BCUT2D eigenvalue weighted by atomic mass is 16.6. The van der Waals surface area contributed by atoms with Gasteiger partial charge in [-0.1, -0.05) is 6.08 Å². The number of ether oxygens (including phenoxy) is 2. The Hall–Kier alpha value is -2.09. The molecule has 1 atom stereocenters. The molecule has 0 aliphatic carbocycles. The van der Waals surface area contributed by atoms with Crippen LogP contribution in [0.4, 0.5) is 0 Å². The first-order chi connectivity index (χ1) is 10.4. The predicted octanol–water partition coefficient (Wildman–Crippen LogP) is 3.70. The van der Waals surface area contributed by atoms with Crippen LogP contribution in [0.2, 0.25) is 0 Å². The number of carbonyl (C=O) groups is 2. The smallest absolute Gasteiger partial charge is 0.331 e. The van der Waals surface area contributed by atoms with Crippen LogP contribution in [-0.2, 0) is 19.1 Å². The zero-order valence-corrected chi connectivity index (χ0v) is 14.9. The van der Waals surface area contributed by atoms with Crippen molar-refractivity contribution in [2.75, 3.05) is 0 Å². The lowest BCUT2D eigenvalue weighted by Gasteiger charge is -2.27. The van der Waals surface area contributed by atoms with Crippen LogP contribution >= 0.6 is 0 Å². The van der Waals surface area contributed by atoms with Crippen molar-refractivity contribution in [1.29, 1.82) is 5.26 Å². The predicted molar refractivity (Wildman–Crippen MR) is 88.3 cm³/mol. The molecule has 0 unspecified atom stereocenters. The number of rotatable bonds is 6. The maximum Gasteiger partial charge on any atom is 0.331 e. The molecule has 0 radical (unpaired) electrons. The molecule has 23 heavy (non-hydrogen) atoms. The van der Waals surface area contributed by atoms with Gasteiger partial charge in [-0.05, 0) is 60.5 Å². The molecule has 128 valence electrons. The van der Waals surface area contributed by atoms with Gasteiger partial charge in [-0.15, -0.1) is 6.58 Å². The minimum atomic E-state index is -1.54. The van der Waals surface area contributed by atoms with E-state index in [4.69, 9.17) is 9.47 Å². The van der Waals surface area contributed by atoms with Crippen LogP contribution < -0.4 is 0 Å². The highest BCUT2D eigenvalue weighted by molar-refractivity contribution is 5.87. The van der Waals surface area contributed by atoms with Gasteiger partial charge in [0.25, 0.3) is 0 Å². The Bertz CT molecular complexity index is 515. The highest BCUT2D eigenvalue weighted by Crippen LogP contribution is 2.29. The van der Waals surface area contributed by atoms with Gasteiger partial charge in [0.1, 0.15) is 11.2 Å². The fourth-order valence-corrected chi connectivity index (χ4v) is 1.64. The first-order valence-corrected chi connectivity index (χ1v) is 7.53. The molecule has 0 saturated carbocycles. The van der Waals surface area contributed by atoms with Gasteiger partial charge in [-0.3, -0.25) is 0 Å². The molecule has 0 aliphatic rings. The Labute approximate surface area is 139 Å². The third kappa shape index (κ3) is 8.20. The molecule has 0 bridgehead atoms. The summed E-state index contributed by atoms with van der Waals surface area (Å²) in [5.74, 6) is -1.30. The molecule has 0 saturated heterocycles. The molecule has 0 rings (SSSR count). The summed E-state index contributed by atoms with van der Waals surface area (Å²) in [4.78, 5) is 24.2. The molecule has 0 aromatic rings. The summed E-state index contributed by atoms with van der Waals surface area (Å²) in [6, 6.07) is 1.97. The Kier molecular flexibility index (Phi) is 7.24. The van der Waals surface area contributed by atoms with Gasteiger partial charge < -0.3 is 9.47 Å². The monoisotopic (exact) mass is 321 g/mol. The van der Waals surface area contributed by atoms with Gasteiger partial charge in [0.05, 0.1) is 6.07 Å². The molecule has 0 aliphatic heterocycles. The topological polar surface area (TPSA) is 76.4 Å². The summed E-state index contributed by atoms with van der Waals surface area (Å²) in [5, 5.41) is 9.53. The molecule has 0 N–H and O–H groups in total. The number of esters is 2. The largest absolute Gasteiger partial charge is 0.459 e. The summed E-state index contributed by atoms with van der Waals surface area (Å²) in [7, 11) is 0. The molecule has 0 heterocycles. The Morgan fingerprint density at radius 3 is 2.00 bits per heavy atom. The van der Waals surface area contributed by atoms with Crippen molar-refractivity contribution < 1.29 is 19.1 Å². The Morgan fingerprint density at radius 1 is 1.09 bits per heavy atom.